The molecule has 2 aromatic carbocycles. The van der Waals surface area contributed by atoms with E-state index in [1.54, 1.807) is 47.4 Å². The third-order valence-corrected chi connectivity index (χ3v) is 5.81. The second-order valence-electron chi connectivity index (χ2n) is 6.06. The van der Waals surface area contributed by atoms with Crippen LogP contribution in [0.1, 0.15) is 23.2 Å². The number of hydrazine groups is 1. The molecular weight excluding hydrogens is 421 g/mol. The number of benzene rings is 2. The summed E-state index contributed by atoms with van der Waals surface area (Å²) in [5.41, 5.74) is 5.87. The molecule has 3 amide bonds. The molecule has 9 heteroatoms. The molecule has 1 saturated heterocycles. The van der Waals surface area contributed by atoms with Crippen molar-refractivity contribution >= 4 is 58.4 Å². The number of carbonyl (C=O) groups excluding carboxylic acids is 3. The van der Waals surface area contributed by atoms with Gasteiger partial charge in [-0.05, 0) is 48.9 Å². The second-order valence-corrected chi connectivity index (χ2v) is 7.92. The molecule has 0 saturated carbocycles. The molecule has 0 radical (unpaired) electrons. The van der Waals surface area contributed by atoms with Crippen molar-refractivity contribution in [3.63, 3.8) is 0 Å². The van der Waals surface area contributed by atoms with Gasteiger partial charge in [0, 0.05) is 34.1 Å². The van der Waals surface area contributed by atoms with E-state index in [2.05, 4.69) is 10.9 Å². The summed E-state index contributed by atoms with van der Waals surface area (Å²) in [6.07, 6.45) is 1.39. The van der Waals surface area contributed by atoms with E-state index in [9.17, 15) is 14.4 Å². The fraction of sp³-hybridized carbons (Fsp3) is 0.211. The highest BCUT2D eigenvalue weighted by atomic mass is 35.5. The lowest BCUT2D eigenvalue weighted by Gasteiger charge is -2.15. The average molecular weight is 438 g/mol. The summed E-state index contributed by atoms with van der Waals surface area (Å²) in [5.74, 6) is -0.676. The minimum atomic E-state index is -0.446. The van der Waals surface area contributed by atoms with Crippen molar-refractivity contribution in [3.8, 4) is 0 Å². The van der Waals surface area contributed by atoms with Gasteiger partial charge in [-0.2, -0.15) is 0 Å². The van der Waals surface area contributed by atoms with E-state index >= 15 is 0 Å². The first-order valence-electron chi connectivity index (χ1n) is 8.51. The average Bonchev–Trinajstić information content (AvgIpc) is 3.12. The van der Waals surface area contributed by atoms with Gasteiger partial charge in [-0.25, -0.2) is 0 Å². The predicted octanol–water partition coefficient (Wildman–Crippen LogP) is 3.67. The smallest absolute Gasteiger partial charge is 0.269 e. The van der Waals surface area contributed by atoms with Gasteiger partial charge in [0.25, 0.3) is 5.91 Å². The summed E-state index contributed by atoms with van der Waals surface area (Å²) < 4.78 is 0. The van der Waals surface area contributed by atoms with Gasteiger partial charge in [-0.1, -0.05) is 23.2 Å². The zero-order valence-corrected chi connectivity index (χ0v) is 17.0. The van der Waals surface area contributed by atoms with Gasteiger partial charge in [-0.15, -0.1) is 11.8 Å². The lowest BCUT2D eigenvalue weighted by atomic mass is 10.2. The molecular formula is C19H17Cl2N3O3S. The van der Waals surface area contributed by atoms with Crippen molar-refractivity contribution in [2.24, 2.45) is 0 Å². The molecule has 146 valence electrons. The summed E-state index contributed by atoms with van der Waals surface area (Å²) in [5, 5.41) is 1.03. The number of rotatable bonds is 5. The number of nitrogens with one attached hydrogen (secondary N) is 2. The number of carbonyl (C=O) groups is 3. The Balaban J connectivity index is 1.48. The first-order valence-corrected chi connectivity index (χ1v) is 10.3. The van der Waals surface area contributed by atoms with Gasteiger partial charge < -0.3 is 4.90 Å². The van der Waals surface area contributed by atoms with Gasteiger partial charge in [-0.3, -0.25) is 25.2 Å². The minimum Gasteiger partial charge on any atom is -0.312 e. The zero-order chi connectivity index (χ0) is 20.1. The Kier molecular flexibility index (Phi) is 6.83. The van der Waals surface area contributed by atoms with Gasteiger partial charge >= 0.3 is 0 Å². The van der Waals surface area contributed by atoms with Crippen LogP contribution in [0.5, 0.6) is 0 Å². The van der Waals surface area contributed by atoms with Gasteiger partial charge in [0.05, 0.1) is 10.8 Å². The van der Waals surface area contributed by atoms with Crippen LogP contribution in [0, 0.1) is 0 Å². The Labute approximate surface area is 176 Å². The molecule has 28 heavy (non-hydrogen) atoms. The maximum absolute atomic E-state index is 12.2. The van der Waals surface area contributed by atoms with Crippen molar-refractivity contribution < 1.29 is 14.4 Å². The molecule has 2 aromatic rings. The van der Waals surface area contributed by atoms with Crippen LogP contribution in [0.15, 0.2) is 47.4 Å². The van der Waals surface area contributed by atoms with Crippen molar-refractivity contribution in [2.75, 3.05) is 17.2 Å². The summed E-state index contributed by atoms with van der Waals surface area (Å²) in [4.78, 5) is 38.2. The lowest BCUT2D eigenvalue weighted by molar-refractivity contribution is -0.119. The van der Waals surface area contributed by atoms with Crippen LogP contribution in [0.4, 0.5) is 5.69 Å². The molecule has 0 aromatic heterocycles. The first-order chi connectivity index (χ1) is 13.4. The van der Waals surface area contributed by atoms with E-state index in [0.717, 1.165) is 12.1 Å². The van der Waals surface area contributed by atoms with Crippen molar-refractivity contribution in [1.29, 1.82) is 0 Å². The number of hydrogen-bond donors (Lipinski definition) is 2. The number of anilines is 1. The second kappa shape index (κ2) is 9.32. The van der Waals surface area contributed by atoms with Crippen LogP contribution in [0.2, 0.25) is 10.0 Å². The molecule has 1 aliphatic rings. The highest BCUT2D eigenvalue weighted by Gasteiger charge is 2.21. The monoisotopic (exact) mass is 437 g/mol. The maximum Gasteiger partial charge on any atom is 0.269 e. The number of nitrogens with zero attached hydrogens (tertiary/aromatic N) is 1. The zero-order valence-electron chi connectivity index (χ0n) is 14.7. The molecule has 1 fully saturated rings. The molecule has 0 aliphatic carbocycles. The van der Waals surface area contributed by atoms with E-state index in [4.69, 9.17) is 23.2 Å². The van der Waals surface area contributed by atoms with Crippen molar-refractivity contribution in [2.45, 2.75) is 17.7 Å². The van der Waals surface area contributed by atoms with Crippen molar-refractivity contribution in [3.05, 3.63) is 58.1 Å². The number of thioether (sulfide) groups is 1. The normalized spacial score (nSPS) is 13.5. The van der Waals surface area contributed by atoms with E-state index in [0.29, 0.717) is 33.5 Å². The highest BCUT2D eigenvalue weighted by Crippen LogP contribution is 2.29. The Morgan fingerprint density at radius 1 is 1.07 bits per heavy atom. The molecule has 6 nitrogen and oxygen atoms in total. The van der Waals surface area contributed by atoms with Gasteiger partial charge in [0.1, 0.15) is 0 Å². The van der Waals surface area contributed by atoms with Crippen LogP contribution >= 0.6 is 35.0 Å². The molecule has 0 spiro atoms. The molecule has 1 aliphatic heterocycles. The van der Waals surface area contributed by atoms with Crippen LogP contribution in [0.25, 0.3) is 0 Å². The van der Waals surface area contributed by atoms with Gasteiger partial charge in [0.15, 0.2) is 0 Å². The third-order valence-electron chi connectivity index (χ3n) is 4.08. The van der Waals surface area contributed by atoms with Crippen LogP contribution in [-0.4, -0.2) is 30.0 Å². The van der Waals surface area contributed by atoms with Crippen LogP contribution in [-0.2, 0) is 9.59 Å². The number of amides is 3. The first kappa shape index (κ1) is 20.5. The van der Waals surface area contributed by atoms with E-state index in [1.807, 2.05) is 0 Å². The van der Waals surface area contributed by atoms with E-state index < -0.39 is 5.91 Å². The molecule has 0 bridgehead atoms. The molecule has 3 rings (SSSR count). The SMILES string of the molecule is O=C(CSc1cc(Cl)ccc1Cl)NNC(=O)c1ccc(N2CCCC2=O)cc1. The fourth-order valence-corrected chi connectivity index (χ4v) is 3.97. The quantitative estimate of drug-likeness (QED) is 0.552. The standard InChI is InChI=1S/C19H17Cl2N3O3S/c20-13-5-8-15(21)16(10-13)28-11-17(25)22-23-19(27)12-3-6-14(7-4-12)24-9-1-2-18(24)26/h3-8,10H,1-2,9,11H2,(H,22,25)(H,23,27). The molecule has 0 atom stereocenters. The fourth-order valence-electron chi connectivity index (χ4n) is 2.68. The Bertz CT molecular complexity index is 906. The molecule has 2 N–H and O–H groups in total. The molecule has 0 unspecified atom stereocenters. The van der Waals surface area contributed by atoms with Crippen molar-refractivity contribution in [1.82, 2.24) is 10.9 Å². The predicted molar refractivity (Wildman–Crippen MR) is 111 cm³/mol. The Hall–Kier alpha value is -2.22. The number of hydrogen-bond acceptors (Lipinski definition) is 4. The molecule has 1 heterocycles. The van der Waals surface area contributed by atoms with Crippen LogP contribution < -0.4 is 15.8 Å². The summed E-state index contributed by atoms with van der Waals surface area (Å²) >= 11 is 13.2. The lowest BCUT2D eigenvalue weighted by Crippen LogP contribution is -2.42. The number of halogens is 2. The Morgan fingerprint density at radius 3 is 2.50 bits per heavy atom. The van der Waals surface area contributed by atoms with Crippen LogP contribution in [0.3, 0.4) is 0 Å². The summed E-state index contributed by atoms with van der Waals surface area (Å²) in [6.45, 7) is 0.689. The summed E-state index contributed by atoms with van der Waals surface area (Å²) in [6, 6.07) is 11.7. The maximum atomic E-state index is 12.2. The summed E-state index contributed by atoms with van der Waals surface area (Å²) in [7, 11) is 0. The highest BCUT2D eigenvalue weighted by molar-refractivity contribution is 8.00. The largest absolute Gasteiger partial charge is 0.312 e. The Morgan fingerprint density at radius 2 is 1.82 bits per heavy atom. The van der Waals surface area contributed by atoms with E-state index in [1.165, 1.54) is 11.8 Å². The van der Waals surface area contributed by atoms with Gasteiger partial charge in [0.2, 0.25) is 11.8 Å². The van der Waals surface area contributed by atoms with E-state index in [-0.39, 0.29) is 17.6 Å². The topological polar surface area (TPSA) is 78.5 Å². The minimum absolute atomic E-state index is 0.0658. The third kappa shape index (κ3) is 5.19.